The van der Waals surface area contributed by atoms with Crippen molar-refractivity contribution in [2.24, 2.45) is 0 Å². The quantitative estimate of drug-likeness (QED) is 0.639. The first kappa shape index (κ1) is 17.7. The van der Waals surface area contributed by atoms with Gasteiger partial charge in [0.2, 0.25) is 0 Å². The zero-order chi connectivity index (χ0) is 17.6. The minimum atomic E-state index is -0.0978. The van der Waals surface area contributed by atoms with Gasteiger partial charge < -0.3 is 5.32 Å². The Hall–Kier alpha value is -2.14. The second-order valence-corrected chi connectivity index (χ2v) is 7.69. The highest BCUT2D eigenvalue weighted by molar-refractivity contribution is 7.16. The summed E-state index contributed by atoms with van der Waals surface area (Å²) in [4.78, 5) is 15.7. The van der Waals surface area contributed by atoms with Crippen molar-refractivity contribution < 1.29 is 4.79 Å². The van der Waals surface area contributed by atoms with Crippen molar-refractivity contribution in [1.82, 2.24) is 4.90 Å². The molecule has 0 aliphatic heterocycles. The second-order valence-electron chi connectivity index (χ2n) is 5.90. The van der Waals surface area contributed by atoms with Gasteiger partial charge in [-0.2, -0.15) is 0 Å². The third-order valence-electron chi connectivity index (χ3n) is 3.75. The van der Waals surface area contributed by atoms with Crippen molar-refractivity contribution in [1.29, 1.82) is 0 Å². The number of rotatable bonds is 6. The minimum absolute atomic E-state index is 0.0978. The molecule has 0 bridgehead atoms. The molecule has 3 rings (SSSR count). The predicted octanol–water partition coefficient (Wildman–Crippen LogP) is 5.29. The zero-order valence-corrected chi connectivity index (χ0v) is 15.5. The molecule has 0 saturated heterocycles. The van der Waals surface area contributed by atoms with Crippen LogP contribution in [0.2, 0.25) is 4.34 Å². The molecule has 0 spiro atoms. The fraction of sp³-hybridized carbons (Fsp3) is 0.150. The molecule has 1 N–H and O–H groups in total. The summed E-state index contributed by atoms with van der Waals surface area (Å²) in [6, 6.07) is 21.2. The first-order chi connectivity index (χ1) is 12.1. The standard InChI is InChI=1S/C20H19ClN2OS/c1-23(14-18-11-12-19(21)25-18)13-15-7-9-16(10-8-15)20(24)22-17-5-3-2-4-6-17/h2-12H,13-14H2,1H3,(H,22,24). The fourth-order valence-corrected chi connectivity index (χ4v) is 3.72. The molecule has 128 valence electrons. The van der Waals surface area contributed by atoms with E-state index in [0.717, 1.165) is 23.1 Å². The van der Waals surface area contributed by atoms with Gasteiger partial charge >= 0.3 is 0 Å². The van der Waals surface area contributed by atoms with Crippen LogP contribution >= 0.6 is 22.9 Å². The van der Waals surface area contributed by atoms with Gasteiger partial charge in [-0.15, -0.1) is 11.3 Å². The second kappa shape index (κ2) is 8.30. The molecule has 25 heavy (non-hydrogen) atoms. The monoisotopic (exact) mass is 370 g/mol. The largest absolute Gasteiger partial charge is 0.322 e. The van der Waals surface area contributed by atoms with E-state index >= 15 is 0 Å². The Morgan fingerprint density at radius 1 is 1.00 bits per heavy atom. The average Bonchev–Trinajstić information content (AvgIpc) is 3.01. The number of nitrogens with one attached hydrogen (secondary N) is 1. The molecule has 3 nitrogen and oxygen atoms in total. The molecule has 0 aliphatic carbocycles. The van der Waals surface area contributed by atoms with Crippen LogP contribution in [0.15, 0.2) is 66.7 Å². The number of hydrogen-bond acceptors (Lipinski definition) is 3. The average molecular weight is 371 g/mol. The van der Waals surface area contributed by atoms with Gasteiger partial charge in [0.1, 0.15) is 0 Å². The van der Waals surface area contributed by atoms with E-state index in [2.05, 4.69) is 23.3 Å². The molecular weight excluding hydrogens is 352 g/mol. The van der Waals surface area contributed by atoms with Crippen molar-refractivity contribution in [2.45, 2.75) is 13.1 Å². The van der Waals surface area contributed by atoms with Crippen LogP contribution in [0.5, 0.6) is 0 Å². The van der Waals surface area contributed by atoms with E-state index in [-0.39, 0.29) is 5.91 Å². The molecule has 5 heteroatoms. The maximum absolute atomic E-state index is 12.3. The first-order valence-corrected chi connectivity index (χ1v) is 9.18. The molecule has 1 aromatic heterocycles. The lowest BCUT2D eigenvalue weighted by Gasteiger charge is -2.16. The molecule has 1 heterocycles. The Kier molecular flexibility index (Phi) is 5.87. The van der Waals surface area contributed by atoms with Crippen molar-refractivity contribution in [2.75, 3.05) is 12.4 Å². The Bertz CT molecular complexity index is 830. The number of anilines is 1. The molecule has 0 saturated carbocycles. The van der Waals surface area contributed by atoms with E-state index in [9.17, 15) is 4.79 Å². The van der Waals surface area contributed by atoms with Crippen molar-refractivity contribution in [3.8, 4) is 0 Å². The van der Waals surface area contributed by atoms with Crippen LogP contribution in [0.25, 0.3) is 0 Å². The van der Waals surface area contributed by atoms with E-state index in [4.69, 9.17) is 11.6 Å². The van der Waals surface area contributed by atoms with Crippen LogP contribution in [0, 0.1) is 0 Å². The Morgan fingerprint density at radius 2 is 1.72 bits per heavy atom. The zero-order valence-electron chi connectivity index (χ0n) is 13.9. The number of benzene rings is 2. The summed E-state index contributed by atoms with van der Waals surface area (Å²) in [5, 5.41) is 2.89. The number of carbonyl (C=O) groups is 1. The van der Waals surface area contributed by atoms with Gasteiger partial charge in [-0.25, -0.2) is 0 Å². The molecule has 0 atom stereocenters. The maximum atomic E-state index is 12.3. The van der Waals surface area contributed by atoms with Crippen molar-refractivity contribution in [3.05, 3.63) is 87.1 Å². The van der Waals surface area contributed by atoms with Gasteiger partial charge in [0.05, 0.1) is 4.34 Å². The lowest BCUT2D eigenvalue weighted by Crippen LogP contribution is -2.17. The first-order valence-electron chi connectivity index (χ1n) is 7.98. The van der Waals surface area contributed by atoms with Gasteiger partial charge in [-0.1, -0.05) is 41.9 Å². The summed E-state index contributed by atoms with van der Waals surface area (Å²) in [5.74, 6) is -0.0978. The van der Waals surface area contributed by atoms with Crippen LogP contribution in [0.3, 0.4) is 0 Å². The highest BCUT2D eigenvalue weighted by atomic mass is 35.5. The predicted molar refractivity (Wildman–Crippen MR) is 105 cm³/mol. The summed E-state index contributed by atoms with van der Waals surface area (Å²) in [7, 11) is 2.07. The fourth-order valence-electron chi connectivity index (χ4n) is 2.56. The van der Waals surface area contributed by atoms with Gasteiger partial charge in [0.25, 0.3) is 5.91 Å². The van der Waals surface area contributed by atoms with E-state index in [1.54, 1.807) is 11.3 Å². The van der Waals surface area contributed by atoms with E-state index in [1.807, 2.05) is 60.7 Å². The van der Waals surface area contributed by atoms with Crippen LogP contribution in [0.1, 0.15) is 20.8 Å². The minimum Gasteiger partial charge on any atom is -0.322 e. The van der Waals surface area contributed by atoms with Gasteiger partial charge in [0.15, 0.2) is 0 Å². The van der Waals surface area contributed by atoms with Crippen LogP contribution in [-0.4, -0.2) is 17.9 Å². The highest BCUT2D eigenvalue weighted by Crippen LogP contribution is 2.22. The Labute approximate surface area is 156 Å². The summed E-state index contributed by atoms with van der Waals surface area (Å²) >= 11 is 7.58. The summed E-state index contributed by atoms with van der Waals surface area (Å²) in [6.45, 7) is 1.67. The third kappa shape index (κ3) is 5.16. The summed E-state index contributed by atoms with van der Waals surface area (Å²) < 4.78 is 0.817. The maximum Gasteiger partial charge on any atom is 0.255 e. The summed E-state index contributed by atoms with van der Waals surface area (Å²) in [6.07, 6.45) is 0. The molecule has 0 aliphatic rings. The smallest absolute Gasteiger partial charge is 0.255 e. The highest BCUT2D eigenvalue weighted by Gasteiger charge is 2.08. The molecule has 0 unspecified atom stereocenters. The van der Waals surface area contributed by atoms with Crippen LogP contribution < -0.4 is 5.32 Å². The SMILES string of the molecule is CN(Cc1ccc(C(=O)Nc2ccccc2)cc1)Cc1ccc(Cl)s1. The number of halogens is 1. The third-order valence-corrected chi connectivity index (χ3v) is 4.97. The molecular formula is C20H19ClN2OS. The van der Waals surface area contributed by atoms with E-state index < -0.39 is 0 Å². The number of hydrogen-bond donors (Lipinski definition) is 1. The summed E-state index contributed by atoms with van der Waals surface area (Å²) in [5.41, 5.74) is 2.62. The molecule has 0 fully saturated rings. The van der Waals surface area contributed by atoms with Crippen LogP contribution in [0.4, 0.5) is 5.69 Å². The number of carbonyl (C=O) groups excluding carboxylic acids is 1. The number of para-hydroxylation sites is 1. The normalized spacial score (nSPS) is 10.8. The van der Waals surface area contributed by atoms with E-state index in [0.29, 0.717) is 5.56 Å². The lowest BCUT2D eigenvalue weighted by molar-refractivity contribution is 0.102. The Morgan fingerprint density at radius 3 is 2.36 bits per heavy atom. The van der Waals surface area contributed by atoms with Gasteiger partial charge in [0, 0.05) is 29.2 Å². The molecule has 2 aromatic carbocycles. The topological polar surface area (TPSA) is 32.3 Å². The van der Waals surface area contributed by atoms with Gasteiger partial charge in [-0.05, 0) is 49.0 Å². The van der Waals surface area contributed by atoms with Crippen LogP contribution in [-0.2, 0) is 13.1 Å². The van der Waals surface area contributed by atoms with Gasteiger partial charge in [-0.3, -0.25) is 9.69 Å². The molecule has 3 aromatic rings. The number of nitrogens with zero attached hydrogens (tertiary/aromatic N) is 1. The van der Waals surface area contributed by atoms with Crippen molar-refractivity contribution >= 4 is 34.5 Å². The van der Waals surface area contributed by atoms with Crippen molar-refractivity contribution in [3.63, 3.8) is 0 Å². The number of thiophene rings is 1. The number of amides is 1. The Balaban J connectivity index is 1.57. The molecule has 1 amide bonds. The lowest BCUT2D eigenvalue weighted by atomic mass is 10.1. The molecule has 0 radical (unpaired) electrons. The van der Waals surface area contributed by atoms with E-state index in [1.165, 1.54) is 10.4 Å².